The summed E-state index contributed by atoms with van der Waals surface area (Å²) in [4.78, 5) is 24.4. The number of Topliss-reactive ketones (excluding diaryl/α,β-unsaturated/α-hetero) is 1. The summed E-state index contributed by atoms with van der Waals surface area (Å²) in [5.41, 5.74) is -0.283. The van der Waals surface area contributed by atoms with Crippen molar-refractivity contribution >= 4 is 34.9 Å². The predicted molar refractivity (Wildman–Crippen MR) is 127 cm³/mol. The van der Waals surface area contributed by atoms with Crippen LogP contribution in [0.4, 0.5) is 0 Å². The van der Waals surface area contributed by atoms with Gasteiger partial charge in [0, 0.05) is 19.6 Å². The lowest BCUT2D eigenvalue weighted by molar-refractivity contribution is -0.176. The number of nitrogens with one attached hydrogen (secondary N) is 1. The Bertz CT molecular complexity index is 765. The maximum absolute atomic E-state index is 12.5. The summed E-state index contributed by atoms with van der Waals surface area (Å²) in [6, 6.07) is -0.550. The number of amides is 1. The van der Waals surface area contributed by atoms with Crippen LogP contribution in [0.2, 0.25) is 0 Å². The molecule has 2 rings (SSSR count). The number of ether oxygens (including phenoxy) is 2. The largest absolute Gasteiger partial charge is 0.388 e. The first-order valence-electron chi connectivity index (χ1n) is 11.3. The van der Waals surface area contributed by atoms with Gasteiger partial charge < -0.3 is 19.9 Å². The number of aliphatic hydroxyl groups excluding tert-OH is 1. The van der Waals surface area contributed by atoms with Gasteiger partial charge in [0.25, 0.3) is 0 Å². The topological polar surface area (TPSA) is 84.9 Å². The Hall–Kier alpha value is -1.18. The first kappa shape index (κ1) is 27.1. The number of carbonyl (C=O) groups excluding carboxylic acids is 2. The van der Waals surface area contributed by atoms with Gasteiger partial charge in [0.2, 0.25) is 5.91 Å². The number of rotatable bonds is 10. The Morgan fingerprint density at radius 1 is 1.41 bits per heavy atom. The van der Waals surface area contributed by atoms with Gasteiger partial charge in [0.15, 0.2) is 12.1 Å². The second-order valence-electron chi connectivity index (χ2n) is 8.77. The summed E-state index contributed by atoms with van der Waals surface area (Å²) >= 11 is 12.1. The van der Waals surface area contributed by atoms with E-state index >= 15 is 0 Å². The van der Waals surface area contributed by atoms with E-state index in [1.54, 1.807) is 6.08 Å². The minimum absolute atomic E-state index is 0.0957. The molecule has 1 saturated heterocycles. The van der Waals surface area contributed by atoms with Crippen molar-refractivity contribution in [3.05, 3.63) is 34.9 Å². The Morgan fingerprint density at radius 3 is 2.78 bits per heavy atom. The number of allylic oxidation sites excluding steroid dienone is 4. The second kappa shape index (κ2) is 12.3. The molecule has 2 N–H and O–H groups in total. The second-order valence-corrected chi connectivity index (χ2v) is 9.65. The van der Waals surface area contributed by atoms with Crippen LogP contribution >= 0.6 is 23.2 Å². The molecule has 0 bridgehead atoms. The van der Waals surface area contributed by atoms with Gasteiger partial charge >= 0.3 is 0 Å². The fourth-order valence-corrected chi connectivity index (χ4v) is 4.90. The third-order valence-electron chi connectivity index (χ3n) is 5.96. The average molecular weight is 488 g/mol. The summed E-state index contributed by atoms with van der Waals surface area (Å²) in [5, 5.41) is 12.1. The summed E-state index contributed by atoms with van der Waals surface area (Å²) in [7, 11) is 1.44. The SMILES string of the molecule is CCCCCCC(C)/C=C(C)/C=C/C(=O)N[C@H]1C[C@]2(C=C(Cl)C(=O)[C@H](Cl)[C@H]2O)O[C@H]1OC. The van der Waals surface area contributed by atoms with E-state index in [2.05, 4.69) is 25.2 Å². The zero-order valence-corrected chi connectivity index (χ0v) is 20.8. The van der Waals surface area contributed by atoms with Crippen LogP contribution in [0.5, 0.6) is 0 Å². The first-order chi connectivity index (χ1) is 15.1. The molecular formula is C24H35Cl2NO5. The summed E-state index contributed by atoms with van der Waals surface area (Å²) in [6.07, 6.45) is 10.9. The third-order valence-corrected chi connectivity index (χ3v) is 6.69. The molecule has 180 valence electrons. The summed E-state index contributed by atoms with van der Waals surface area (Å²) < 4.78 is 11.2. The van der Waals surface area contributed by atoms with Gasteiger partial charge in [-0.15, -0.1) is 11.6 Å². The molecule has 1 heterocycles. The van der Waals surface area contributed by atoms with Crippen molar-refractivity contribution in [2.75, 3.05) is 7.11 Å². The highest BCUT2D eigenvalue weighted by Gasteiger charge is 2.56. The van der Waals surface area contributed by atoms with Crippen LogP contribution in [0.3, 0.4) is 0 Å². The van der Waals surface area contributed by atoms with E-state index in [1.807, 2.05) is 6.92 Å². The Labute approximate surface area is 201 Å². The maximum Gasteiger partial charge on any atom is 0.244 e. The molecule has 8 heteroatoms. The standard InChI is InChI=1S/C24H35Cl2NO5/c1-5-6-7-8-9-15(2)12-16(3)10-11-19(28)27-18-14-24(32-23(18)31-4)13-17(25)21(29)20(26)22(24)30/h10-13,15,18,20,22-23,30H,5-9,14H2,1-4H3,(H,27,28)/b11-10+,16-12+/t15?,18-,20-,22+,23+,24-/m0/s1. The van der Waals surface area contributed by atoms with Crippen LogP contribution in [0, 0.1) is 5.92 Å². The van der Waals surface area contributed by atoms with Crippen molar-refractivity contribution in [1.29, 1.82) is 0 Å². The highest BCUT2D eigenvalue weighted by atomic mass is 35.5. The molecule has 0 saturated carbocycles. The van der Waals surface area contributed by atoms with Gasteiger partial charge in [-0.2, -0.15) is 0 Å². The number of halogens is 2. The van der Waals surface area contributed by atoms with Crippen LogP contribution in [-0.4, -0.2) is 53.3 Å². The molecule has 1 unspecified atom stereocenters. The molecule has 6 atom stereocenters. The molecule has 32 heavy (non-hydrogen) atoms. The quantitative estimate of drug-likeness (QED) is 0.206. The monoisotopic (exact) mass is 487 g/mol. The predicted octanol–water partition coefficient (Wildman–Crippen LogP) is 4.39. The first-order valence-corrected chi connectivity index (χ1v) is 12.1. The van der Waals surface area contributed by atoms with E-state index in [1.165, 1.54) is 44.9 Å². The fourth-order valence-electron chi connectivity index (χ4n) is 4.21. The fraction of sp³-hybridized carbons (Fsp3) is 0.667. The lowest BCUT2D eigenvalue weighted by atomic mass is 9.83. The zero-order valence-electron chi connectivity index (χ0n) is 19.3. The van der Waals surface area contributed by atoms with Crippen LogP contribution < -0.4 is 5.32 Å². The Kier molecular flexibility index (Phi) is 10.4. The number of hydrogen-bond donors (Lipinski definition) is 2. The number of methoxy groups -OCH3 is 1. The number of hydrogen-bond acceptors (Lipinski definition) is 5. The van der Waals surface area contributed by atoms with E-state index < -0.39 is 35.2 Å². The van der Waals surface area contributed by atoms with Crippen molar-refractivity contribution in [2.45, 2.75) is 88.7 Å². The Balaban J connectivity index is 1.97. The lowest BCUT2D eigenvalue weighted by Crippen LogP contribution is -2.52. The van der Waals surface area contributed by atoms with Gasteiger partial charge in [-0.05, 0) is 25.3 Å². The van der Waals surface area contributed by atoms with Gasteiger partial charge in [-0.25, -0.2) is 0 Å². The van der Waals surface area contributed by atoms with Crippen molar-refractivity contribution in [3.63, 3.8) is 0 Å². The molecule has 0 aromatic heterocycles. The molecule has 1 fully saturated rings. The highest BCUT2D eigenvalue weighted by Crippen LogP contribution is 2.42. The van der Waals surface area contributed by atoms with E-state index in [0.717, 1.165) is 12.0 Å². The number of ketones is 1. The van der Waals surface area contributed by atoms with Crippen molar-refractivity contribution in [2.24, 2.45) is 5.92 Å². The van der Waals surface area contributed by atoms with Gasteiger partial charge in [-0.3, -0.25) is 9.59 Å². The van der Waals surface area contributed by atoms with Crippen molar-refractivity contribution in [1.82, 2.24) is 5.32 Å². The molecule has 0 aromatic carbocycles. The number of unbranched alkanes of at least 4 members (excludes halogenated alkanes) is 3. The number of carbonyl (C=O) groups is 2. The zero-order chi connectivity index (χ0) is 23.9. The molecule has 1 spiro atoms. The molecular weight excluding hydrogens is 453 g/mol. The normalized spacial score (nSPS) is 31.9. The van der Waals surface area contributed by atoms with Crippen molar-refractivity contribution in [3.8, 4) is 0 Å². The summed E-state index contributed by atoms with van der Waals surface area (Å²) in [6.45, 7) is 6.36. The van der Waals surface area contributed by atoms with E-state index in [0.29, 0.717) is 5.92 Å². The average Bonchev–Trinajstić information content (AvgIpc) is 3.10. The van der Waals surface area contributed by atoms with Crippen LogP contribution in [-0.2, 0) is 19.1 Å². The highest BCUT2D eigenvalue weighted by molar-refractivity contribution is 6.49. The van der Waals surface area contributed by atoms with Gasteiger partial charge in [0.05, 0.1) is 11.1 Å². The molecule has 6 nitrogen and oxygen atoms in total. The number of alkyl halides is 1. The maximum atomic E-state index is 12.5. The minimum Gasteiger partial charge on any atom is -0.388 e. The summed E-state index contributed by atoms with van der Waals surface area (Å²) in [5.74, 6) is -0.405. The third kappa shape index (κ3) is 6.91. The number of aliphatic hydroxyl groups is 1. The van der Waals surface area contributed by atoms with Crippen molar-refractivity contribution < 1.29 is 24.2 Å². The van der Waals surface area contributed by atoms with Crippen LogP contribution in [0.15, 0.2) is 34.9 Å². The Morgan fingerprint density at radius 2 is 2.12 bits per heavy atom. The molecule has 0 aromatic rings. The van der Waals surface area contributed by atoms with E-state index in [4.69, 9.17) is 32.7 Å². The minimum atomic E-state index is -1.31. The smallest absolute Gasteiger partial charge is 0.244 e. The van der Waals surface area contributed by atoms with E-state index in [-0.39, 0.29) is 17.4 Å². The molecule has 2 aliphatic rings. The molecule has 0 radical (unpaired) electrons. The molecule has 1 aliphatic heterocycles. The van der Waals surface area contributed by atoms with Gasteiger partial charge in [0.1, 0.15) is 17.1 Å². The van der Waals surface area contributed by atoms with Crippen LogP contribution in [0.1, 0.15) is 59.3 Å². The van der Waals surface area contributed by atoms with E-state index in [9.17, 15) is 14.7 Å². The van der Waals surface area contributed by atoms with Gasteiger partial charge in [-0.1, -0.05) is 68.9 Å². The molecule has 1 amide bonds. The van der Waals surface area contributed by atoms with Crippen LogP contribution in [0.25, 0.3) is 0 Å². The lowest BCUT2D eigenvalue weighted by Gasteiger charge is -2.36. The molecule has 1 aliphatic carbocycles.